The number of amides is 1. The number of carbonyl (C=O) groups excluding carboxylic acids is 1. The van der Waals surface area contributed by atoms with E-state index in [1.165, 1.54) is 5.56 Å². The number of benzene rings is 2. The Balaban J connectivity index is 0.000000174. The summed E-state index contributed by atoms with van der Waals surface area (Å²) in [5.74, 6) is 0.504. The maximum Gasteiger partial charge on any atom is 0.248 e. The summed E-state index contributed by atoms with van der Waals surface area (Å²) in [6.45, 7) is 4.90. The zero-order chi connectivity index (χ0) is 16.5. The number of nitrogens with one attached hydrogen (secondary N) is 1. The third-order valence-electron chi connectivity index (χ3n) is 3.61. The molecule has 0 aromatic heterocycles. The molecule has 0 saturated carbocycles. The molecule has 0 spiro atoms. The van der Waals surface area contributed by atoms with E-state index in [9.17, 15) is 4.79 Å². The highest BCUT2D eigenvalue weighted by atomic mass is 16.5. The predicted molar refractivity (Wildman–Crippen MR) is 92.6 cm³/mol. The first kappa shape index (κ1) is 17.0. The fourth-order valence-electron chi connectivity index (χ4n) is 2.38. The van der Waals surface area contributed by atoms with E-state index in [-0.39, 0.29) is 5.91 Å². The molecule has 1 amide bonds. The monoisotopic (exact) mass is 312 g/mol. The van der Waals surface area contributed by atoms with E-state index in [0.717, 1.165) is 43.9 Å². The van der Waals surface area contributed by atoms with Crippen molar-refractivity contribution in [2.75, 3.05) is 13.2 Å². The maximum absolute atomic E-state index is 10.9. The predicted octanol–water partition coefficient (Wildman–Crippen LogP) is 2.91. The van der Waals surface area contributed by atoms with Crippen molar-refractivity contribution < 1.29 is 9.53 Å². The summed E-state index contributed by atoms with van der Waals surface area (Å²) in [6, 6.07) is 15.7. The molecule has 1 aliphatic rings. The Kier molecular flexibility index (Phi) is 6.63. The number of carbonyl (C=O) groups is 1. The van der Waals surface area contributed by atoms with Crippen LogP contribution < -0.4 is 15.8 Å². The van der Waals surface area contributed by atoms with Gasteiger partial charge in [0.1, 0.15) is 5.75 Å². The molecule has 2 aromatic carbocycles. The number of rotatable bonds is 4. The average Bonchev–Trinajstić information content (AvgIpc) is 2.61. The van der Waals surface area contributed by atoms with Gasteiger partial charge in [-0.15, -0.1) is 0 Å². The highest BCUT2D eigenvalue weighted by Gasteiger charge is 2.11. The maximum atomic E-state index is 10.9. The minimum absolute atomic E-state index is 0.381. The highest BCUT2D eigenvalue weighted by molar-refractivity contribution is 5.93. The minimum Gasteiger partial charge on any atom is -0.493 e. The van der Waals surface area contributed by atoms with Crippen molar-refractivity contribution in [3.63, 3.8) is 0 Å². The smallest absolute Gasteiger partial charge is 0.248 e. The van der Waals surface area contributed by atoms with E-state index in [1.807, 2.05) is 18.2 Å². The molecule has 0 atom stereocenters. The Morgan fingerprint density at radius 1 is 1.22 bits per heavy atom. The number of primary amides is 1. The molecule has 0 saturated heterocycles. The molecule has 2 aromatic rings. The van der Waals surface area contributed by atoms with Crippen LogP contribution in [0, 0.1) is 0 Å². The van der Waals surface area contributed by atoms with Gasteiger partial charge in [-0.05, 0) is 48.7 Å². The Morgan fingerprint density at radius 2 is 2.00 bits per heavy atom. The van der Waals surface area contributed by atoms with Crippen LogP contribution in [0.4, 0.5) is 0 Å². The van der Waals surface area contributed by atoms with Crippen molar-refractivity contribution >= 4 is 5.91 Å². The number of nitrogens with two attached hydrogens (primary N) is 1. The number of fused-ring (bicyclic) bond motifs is 1. The van der Waals surface area contributed by atoms with Gasteiger partial charge >= 0.3 is 0 Å². The van der Waals surface area contributed by atoms with Crippen molar-refractivity contribution in [2.24, 2.45) is 5.73 Å². The average molecular weight is 312 g/mol. The van der Waals surface area contributed by atoms with Crippen molar-refractivity contribution in [3.05, 3.63) is 65.2 Å². The number of hydrogen-bond acceptors (Lipinski definition) is 3. The zero-order valence-electron chi connectivity index (χ0n) is 13.5. The Hall–Kier alpha value is -2.33. The summed E-state index contributed by atoms with van der Waals surface area (Å²) < 4.78 is 5.41. The van der Waals surface area contributed by atoms with Gasteiger partial charge in [-0.25, -0.2) is 0 Å². The molecule has 0 bridgehead atoms. The standard InChI is InChI=1S/C10H11NO2.C9H13N/c11-10(12)8-3-4-9-7(6-8)2-1-5-13-9;1-2-10-8-9-6-4-3-5-7-9/h3-4,6H,1-2,5H2,(H2,11,12);3-7,10H,2,8H2,1H3. The van der Waals surface area contributed by atoms with Crippen LogP contribution in [0.15, 0.2) is 48.5 Å². The summed E-state index contributed by atoms with van der Waals surface area (Å²) in [4.78, 5) is 10.9. The summed E-state index contributed by atoms with van der Waals surface area (Å²) in [6.07, 6.45) is 1.98. The molecule has 0 radical (unpaired) electrons. The first-order chi connectivity index (χ1) is 11.2. The van der Waals surface area contributed by atoms with E-state index in [0.29, 0.717) is 5.56 Å². The van der Waals surface area contributed by atoms with Gasteiger partial charge < -0.3 is 15.8 Å². The highest BCUT2D eigenvalue weighted by Crippen LogP contribution is 2.25. The molecule has 4 nitrogen and oxygen atoms in total. The molecule has 1 heterocycles. The van der Waals surface area contributed by atoms with Crippen molar-refractivity contribution in [1.82, 2.24) is 5.32 Å². The zero-order valence-corrected chi connectivity index (χ0v) is 13.5. The topological polar surface area (TPSA) is 64.3 Å². The van der Waals surface area contributed by atoms with Crippen LogP contribution in [-0.4, -0.2) is 19.1 Å². The Labute approximate surface area is 137 Å². The Morgan fingerprint density at radius 3 is 2.70 bits per heavy atom. The van der Waals surface area contributed by atoms with Gasteiger partial charge in [-0.3, -0.25) is 4.79 Å². The van der Waals surface area contributed by atoms with Gasteiger partial charge in [-0.1, -0.05) is 37.3 Å². The van der Waals surface area contributed by atoms with Crippen molar-refractivity contribution in [3.8, 4) is 5.75 Å². The van der Waals surface area contributed by atoms with Gasteiger partial charge in [-0.2, -0.15) is 0 Å². The van der Waals surface area contributed by atoms with Crippen LogP contribution in [0.2, 0.25) is 0 Å². The van der Waals surface area contributed by atoms with E-state index in [4.69, 9.17) is 10.5 Å². The molecule has 0 fully saturated rings. The van der Waals surface area contributed by atoms with Crippen molar-refractivity contribution in [2.45, 2.75) is 26.3 Å². The third-order valence-corrected chi connectivity index (χ3v) is 3.61. The van der Waals surface area contributed by atoms with Crippen LogP contribution >= 0.6 is 0 Å². The van der Waals surface area contributed by atoms with Crippen molar-refractivity contribution in [1.29, 1.82) is 0 Å². The van der Waals surface area contributed by atoms with Crippen LogP contribution in [0.3, 0.4) is 0 Å². The lowest BCUT2D eigenvalue weighted by Crippen LogP contribution is -2.13. The lowest BCUT2D eigenvalue weighted by Gasteiger charge is -2.17. The van der Waals surface area contributed by atoms with E-state index in [1.54, 1.807) is 6.07 Å². The molecule has 4 heteroatoms. The van der Waals surface area contributed by atoms with Gasteiger partial charge in [0.05, 0.1) is 6.61 Å². The van der Waals surface area contributed by atoms with Gasteiger partial charge in [0.15, 0.2) is 0 Å². The number of ether oxygens (including phenoxy) is 1. The molecule has 0 unspecified atom stereocenters. The molecular weight excluding hydrogens is 288 g/mol. The first-order valence-corrected chi connectivity index (χ1v) is 8.01. The summed E-state index contributed by atoms with van der Waals surface area (Å²) in [7, 11) is 0. The Bertz CT molecular complexity index is 627. The summed E-state index contributed by atoms with van der Waals surface area (Å²) in [5, 5.41) is 3.26. The summed E-state index contributed by atoms with van der Waals surface area (Å²) in [5.41, 5.74) is 8.16. The van der Waals surface area contributed by atoms with Gasteiger partial charge in [0.2, 0.25) is 5.91 Å². The summed E-state index contributed by atoms with van der Waals surface area (Å²) >= 11 is 0. The van der Waals surface area contributed by atoms with Crippen LogP contribution in [0.25, 0.3) is 0 Å². The van der Waals surface area contributed by atoms with Crippen LogP contribution in [-0.2, 0) is 13.0 Å². The van der Waals surface area contributed by atoms with E-state index >= 15 is 0 Å². The molecule has 3 N–H and O–H groups in total. The normalized spacial score (nSPS) is 12.4. The quantitative estimate of drug-likeness (QED) is 0.912. The molecule has 23 heavy (non-hydrogen) atoms. The molecule has 122 valence electrons. The van der Waals surface area contributed by atoms with E-state index in [2.05, 4.69) is 36.5 Å². The second kappa shape index (κ2) is 8.96. The lowest BCUT2D eigenvalue weighted by molar-refractivity contribution is 0.1000. The fourth-order valence-corrected chi connectivity index (χ4v) is 2.38. The third kappa shape index (κ3) is 5.42. The second-order valence-electron chi connectivity index (χ2n) is 5.40. The molecule has 0 aliphatic carbocycles. The number of aryl methyl sites for hydroxylation is 1. The minimum atomic E-state index is -0.381. The van der Waals surface area contributed by atoms with Crippen LogP contribution in [0.1, 0.15) is 34.8 Å². The lowest BCUT2D eigenvalue weighted by atomic mass is 10.0. The SMILES string of the molecule is CCNCc1ccccc1.NC(=O)c1ccc2c(c1)CCCO2. The largest absolute Gasteiger partial charge is 0.493 e. The molecular formula is C19H24N2O2. The fraction of sp³-hybridized carbons (Fsp3) is 0.316. The molecule has 1 aliphatic heterocycles. The van der Waals surface area contributed by atoms with E-state index < -0.39 is 0 Å². The van der Waals surface area contributed by atoms with Gasteiger partial charge in [0.25, 0.3) is 0 Å². The van der Waals surface area contributed by atoms with Gasteiger partial charge in [0, 0.05) is 12.1 Å². The first-order valence-electron chi connectivity index (χ1n) is 8.01. The number of hydrogen-bond donors (Lipinski definition) is 2. The molecule has 3 rings (SSSR count). The van der Waals surface area contributed by atoms with Crippen LogP contribution in [0.5, 0.6) is 5.75 Å². The second-order valence-corrected chi connectivity index (χ2v) is 5.40.